The number of hydrogen-bond acceptors (Lipinski definition) is 5. The van der Waals surface area contributed by atoms with Crippen LogP contribution < -0.4 is 4.90 Å². The van der Waals surface area contributed by atoms with Crippen molar-refractivity contribution in [2.75, 3.05) is 26.2 Å². The highest BCUT2D eigenvalue weighted by Crippen LogP contribution is 2.21. The van der Waals surface area contributed by atoms with Crippen LogP contribution >= 0.6 is 0 Å². The Balaban J connectivity index is 1.61. The summed E-state index contributed by atoms with van der Waals surface area (Å²) in [5.41, 5.74) is 1.77. The average molecular weight is 394 g/mol. The summed E-state index contributed by atoms with van der Waals surface area (Å²) in [6.45, 7) is 5.97. The molecule has 0 aliphatic carbocycles. The highest BCUT2D eigenvalue weighted by molar-refractivity contribution is 7.88. The van der Waals surface area contributed by atoms with Crippen LogP contribution in [-0.4, -0.2) is 53.6 Å². The molecule has 0 saturated carbocycles. The van der Waals surface area contributed by atoms with Gasteiger partial charge in [-0.2, -0.15) is 9.40 Å². The van der Waals surface area contributed by atoms with Gasteiger partial charge in [-0.1, -0.05) is 30.3 Å². The standard InChI is InChI=1S/C17H23N5O4S/c1-14-17(22(23)24)15(2)21(18-14)13-19-8-10-20(11-9-19)27(25,26)12-16-6-4-3-5-7-16/h3-7H,8-13H2,1-2H3/p+1. The highest BCUT2D eigenvalue weighted by Gasteiger charge is 2.30. The zero-order valence-electron chi connectivity index (χ0n) is 15.5. The molecule has 0 atom stereocenters. The lowest BCUT2D eigenvalue weighted by molar-refractivity contribution is -0.926. The summed E-state index contributed by atoms with van der Waals surface area (Å²) in [5, 5.41) is 15.4. The monoisotopic (exact) mass is 394 g/mol. The molecule has 1 aromatic carbocycles. The smallest absolute Gasteiger partial charge is 0.312 e. The first kappa shape index (κ1) is 19.5. The van der Waals surface area contributed by atoms with Gasteiger partial charge in [0, 0.05) is 0 Å². The van der Waals surface area contributed by atoms with Crippen LogP contribution in [0.5, 0.6) is 0 Å². The fraction of sp³-hybridized carbons (Fsp3) is 0.471. The first-order valence-corrected chi connectivity index (χ1v) is 10.4. The van der Waals surface area contributed by atoms with E-state index in [1.165, 1.54) is 4.31 Å². The second-order valence-corrected chi connectivity index (χ2v) is 8.79. The molecule has 1 fully saturated rings. The molecule has 10 heteroatoms. The van der Waals surface area contributed by atoms with Gasteiger partial charge >= 0.3 is 5.69 Å². The molecule has 0 amide bonds. The molecule has 9 nitrogen and oxygen atoms in total. The lowest BCUT2D eigenvalue weighted by atomic mass is 10.2. The fourth-order valence-corrected chi connectivity index (χ4v) is 4.97. The SMILES string of the molecule is Cc1nn(C[NH+]2CCN(S(=O)(=O)Cc3ccccc3)CC2)c(C)c1[N+](=O)[O-]. The third-order valence-electron chi connectivity index (χ3n) is 4.91. The van der Waals surface area contributed by atoms with Crippen LogP contribution in [0.25, 0.3) is 0 Å². The lowest BCUT2D eigenvalue weighted by Crippen LogP contribution is -3.14. The zero-order valence-corrected chi connectivity index (χ0v) is 16.3. The lowest BCUT2D eigenvalue weighted by Gasteiger charge is -2.31. The Morgan fingerprint density at radius 2 is 1.81 bits per heavy atom. The predicted molar refractivity (Wildman–Crippen MR) is 99.7 cm³/mol. The molecule has 1 N–H and O–H groups in total. The summed E-state index contributed by atoms with van der Waals surface area (Å²) < 4.78 is 28.4. The van der Waals surface area contributed by atoms with Gasteiger partial charge in [0.2, 0.25) is 10.0 Å². The second kappa shape index (κ2) is 7.75. The van der Waals surface area contributed by atoms with Crippen molar-refractivity contribution >= 4 is 15.7 Å². The molecule has 27 heavy (non-hydrogen) atoms. The van der Waals surface area contributed by atoms with Crippen molar-refractivity contribution in [1.29, 1.82) is 0 Å². The van der Waals surface area contributed by atoms with Crippen molar-refractivity contribution in [3.05, 3.63) is 57.4 Å². The van der Waals surface area contributed by atoms with Crippen molar-refractivity contribution < 1.29 is 18.2 Å². The van der Waals surface area contributed by atoms with E-state index in [2.05, 4.69) is 5.10 Å². The molecule has 0 spiro atoms. The minimum absolute atomic E-state index is 0.00677. The van der Waals surface area contributed by atoms with Crippen molar-refractivity contribution in [2.45, 2.75) is 26.3 Å². The summed E-state index contributed by atoms with van der Waals surface area (Å²) >= 11 is 0. The van der Waals surface area contributed by atoms with Gasteiger partial charge in [-0.15, -0.1) is 0 Å². The number of piperazine rings is 1. The third kappa shape index (κ3) is 4.34. The van der Waals surface area contributed by atoms with Crippen LogP contribution in [0.15, 0.2) is 30.3 Å². The van der Waals surface area contributed by atoms with E-state index in [1.54, 1.807) is 18.5 Å². The quantitative estimate of drug-likeness (QED) is 0.553. The number of aryl methyl sites for hydroxylation is 1. The summed E-state index contributed by atoms with van der Waals surface area (Å²) in [6, 6.07) is 9.16. The zero-order chi connectivity index (χ0) is 19.6. The van der Waals surface area contributed by atoms with Crippen LogP contribution in [0.1, 0.15) is 17.0 Å². The number of quaternary nitrogens is 1. The van der Waals surface area contributed by atoms with Crippen LogP contribution in [0.4, 0.5) is 5.69 Å². The Bertz CT molecular complexity index is 918. The van der Waals surface area contributed by atoms with Gasteiger partial charge in [-0.3, -0.25) is 10.1 Å². The maximum atomic E-state index is 12.6. The summed E-state index contributed by atoms with van der Waals surface area (Å²) in [7, 11) is -3.35. The largest absolute Gasteiger partial charge is 0.314 e. The fourth-order valence-electron chi connectivity index (χ4n) is 3.43. The molecule has 146 valence electrons. The third-order valence-corrected chi connectivity index (χ3v) is 6.76. The summed E-state index contributed by atoms with van der Waals surface area (Å²) in [4.78, 5) is 11.9. The van der Waals surface area contributed by atoms with Crippen LogP contribution in [0.3, 0.4) is 0 Å². The molecule has 0 radical (unpaired) electrons. The van der Waals surface area contributed by atoms with E-state index in [-0.39, 0.29) is 11.4 Å². The van der Waals surface area contributed by atoms with Gasteiger partial charge < -0.3 is 4.90 Å². The number of nitrogens with zero attached hydrogens (tertiary/aromatic N) is 4. The molecule has 0 bridgehead atoms. The molecule has 1 aliphatic rings. The minimum atomic E-state index is -3.35. The predicted octanol–water partition coefficient (Wildman–Crippen LogP) is 0.0961. The van der Waals surface area contributed by atoms with E-state index in [0.717, 1.165) is 10.5 Å². The summed E-state index contributed by atoms with van der Waals surface area (Å²) in [5.74, 6) is 0.00677. The number of benzene rings is 1. The van der Waals surface area contributed by atoms with Crippen LogP contribution in [-0.2, 0) is 22.4 Å². The molecular weight excluding hydrogens is 370 g/mol. The molecule has 0 unspecified atom stereocenters. The van der Waals surface area contributed by atoms with E-state index >= 15 is 0 Å². The topological polar surface area (TPSA) is 103 Å². The average Bonchev–Trinajstić information content (AvgIpc) is 2.89. The molecule has 1 aromatic heterocycles. The normalized spacial score (nSPS) is 16.5. The van der Waals surface area contributed by atoms with Crippen molar-refractivity contribution in [1.82, 2.24) is 14.1 Å². The number of hydrogen-bond donors (Lipinski definition) is 1. The van der Waals surface area contributed by atoms with Gasteiger partial charge in [0.05, 0.1) is 36.9 Å². The van der Waals surface area contributed by atoms with E-state index in [4.69, 9.17) is 0 Å². The van der Waals surface area contributed by atoms with Crippen molar-refractivity contribution in [2.24, 2.45) is 0 Å². The maximum Gasteiger partial charge on any atom is 0.312 e. The number of rotatable bonds is 6. The van der Waals surface area contributed by atoms with Crippen LogP contribution in [0, 0.1) is 24.0 Å². The minimum Gasteiger partial charge on any atom is -0.314 e. The highest BCUT2D eigenvalue weighted by atomic mass is 32.2. The Morgan fingerprint density at radius 1 is 1.19 bits per heavy atom. The Morgan fingerprint density at radius 3 is 2.37 bits per heavy atom. The Kier molecular flexibility index (Phi) is 5.59. The second-order valence-electron chi connectivity index (χ2n) is 6.83. The van der Waals surface area contributed by atoms with E-state index in [1.807, 2.05) is 30.3 Å². The first-order valence-electron chi connectivity index (χ1n) is 8.81. The molecule has 3 rings (SSSR count). The van der Waals surface area contributed by atoms with Crippen molar-refractivity contribution in [3.8, 4) is 0 Å². The van der Waals surface area contributed by atoms with Gasteiger partial charge in [-0.05, 0) is 19.4 Å². The van der Waals surface area contributed by atoms with Gasteiger partial charge in [-0.25, -0.2) is 13.1 Å². The van der Waals surface area contributed by atoms with E-state index in [9.17, 15) is 18.5 Å². The van der Waals surface area contributed by atoms with Gasteiger partial charge in [0.15, 0.2) is 6.67 Å². The first-order chi connectivity index (χ1) is 12.8. The Labute approximate surface area is 158 Å². The Hall–Kier alpha value is -2.30. The van der Waals surface area contributed by atoms with Gasteiger partial charge in [0.1, 0.15) is 11.4 Å². The van der Waals surface area contributed by atoms with Crippen molar-refractivity contribution in [3.63, 3.8) is 0 Å². The molecular formula is C17H24N5O4S+. The number of aromatic nitrogens is 2. The maximum absolute atomic E-state index is 12.6. The molecule has 1 saturated heterocycles. The number of nitrogens with one attached hydrogen (secondary N) is 1. The number of sulfonamides is 1. The molecule has 2 heterocycles. The van der Waals surface area contributed by atoms with Gasteiger partial charge in [0.25, 0.3) is 0 Å². The molecule has 1 aliphatic heterocycles. The van der Waals surface area contributed by atoms with E-state index < -0.39 is 14.9 Å². The van der Waals surface area contributed by atoms with E-state index in [0.29, 0.717) is 44.2 Å². The summed E-state index contributed by atoms with van der Waals surface area (Å²) in [6.07, 6.45) is 0. The molecule has 2 aromatic rings. The van der Waals surface area contributed by atoms with Crippen LogP contribution in [0.2, 0.25) is 0 Å². The number of nitro groups is 1.